The highest BCUT2D eigenvalue weighted by Gasteiger charge is 2.27. The van der Waals surface area contributed by atoms with Crippen molar-refractivity contribution in [3.8, 4) is 11.5 Å². The maximum atomic E-state index is 13.1. The van der Waals surface area contributed by atoms with Crippen LogP contribution >= 0.6 is 11.6 Å². The first-order chi connectivity index (χ1) is 15.3. The summed E-state index contributed by atoms with van der Waals surface area (Å²) in [5.74, 6) is 0.116. The summed E-state index contributed by atoms with van der Waals surface area (Å²) in [6.07, 6.45) is 0.143. The fourth-order valence-electron chi connectivity index (χ4n) is 3.06. The molecule has 1 atom stereocenters. The molecule has 0 aliphatic rings. The average molecular weight is 475 g/mol. The monoisotopic (exact) mass is 474 g/mol. The number of benzene rings is 3. The van der Waals surface area contributed by atoms with Crippen molar-refractivity contribution >= 4 is 33.2 Å². The lowest BCUT2D eigenvalue weighted by Gasteiger charge is -2.20. The van der Waals surface area contributed by atoms with Crippen molar-refractivity contribution in [3.05, 3.63) is 83.4 Å². The lowest BCUT2D eigenvalue weighted by Crippen LogP contribution is -2.45. The molecule has 7 nitrogen and oxygen atoms in total. The Morgan fingerprint density at radius 2 is 1.59 bits per heavy atom. The molecule has 9 heteroatoms. The van der Waals surface area contributed by atoms with Crippen LogP contribution in [0.1, 0.15) is 5.56 Å². The van der Waals surface area contributed by atoms with Gasteiger partial charge in [-0.15, -0.1) is 0 Å². The summed E-state index contributed by atoms with van der Waals surface area (Å²) in [4.78, 5) is 13.0. The zero-order chi connectivity index (χ0) is 23.1. The van der Waals surface area contributed by atoms with E-state index in [1.54, 1.807) is 24.3 Å². The minimum Gasteiger partial charge on any atom is -0.493 e. The van der Waals surface area contributed by atoms with E-state index in [2.05, 4.69) is 10.0 Å². The zero-order valence-electron chi connectivity index (χ0n) is 17.5. The topological polar surface area (TPSA) is 93.7 Å². The molecule has 0 bridgehead atoms. The van der Waals surface area contributed by atoms with Gasteiger partial charge in [0.05, 0.1) is 29.8 Å². The van der Waals surface area contributed by atoms with Gasteiger partial charge in [0.15, 0.2) is 11.5 Å². The molecule has 0 spiro atoms. The van der Waals surface area contributed by atoms with Crippen LogP contribution in [0.15, 0.2) is 77.7 Å². The molecule has 1 amide bonds. The summed E-state index contributed by atoms with van der Waals surface area (Å²) in [5.41, 5.74) is 1.18. The molecule has 2 N–H and O–H groups in total. The highest BCUT2D eigenvalue weighted by Crippen LogP contribution is 2.29. The van der Waals surface area contributed by atoms with Crippen LogP contribution in [0, 0.1) is 0 Å². The minimum atomic E-state index is -4.06. The standard InChI is InChI=1S/C23H23ClN2O5S/c1-30-21-13-12-17(15-22(21)31-2)32(28,29)26-20(14-16-8-4-3-5-9-16)23(27)25-19-11-7-6-10-18(19)24/h3-13,15,20,26H,14H2,1-2H3,(H,25,27). The van der Waals surface area contributed by atoms with Crippen LogP contribution in [0.3, 0.4) is 0 Å². The SMILES string of the molecule is COc1ccc(S(=O)(=O)NC(Cc2ccccc2)C(=O)Nc2ccccc2Cl)cc1OC. The van der Waals surface area contributed by atoms with Gasteiger partial charge in [-0.2, -0.15) is 4.72 Å². The van der Waals surface area contributed by atoms with E-state index in [4.69, 9.17) is 21.1 Å². The zero-order valence-corrected chi connectivity index (χ0v) is 19.1. The minimum absolute atomic E-state index is 0.0567. The molecule has 0 aliphatic heterocycles. The number of halogens is 1. The Balaban J connectivity index is 1.90. The van der Waals surface area contributed by atoms with Crippen LogP contribution in [-0.2, 0) is 21.2 Å². The highest BCUT2D eigenvalue weighted by molar-refractivity contribution is 7.89. The lowest BCUT2D eigenvalue weighted by molar-refractivity contribution is -0.117. The first-order valence-electron chi connectivity index (χ1n) is 9.67. The van der Waals surface area contributed by atoms with Gasteiger partial charge in [-0.25, -0.2) is 8.42 Å². The largest absolute Gasteiger partial charge is 0.493 e. The van der Waals surface area contributed by atoms with Gasteiger partial charge in [0.25, 0.3) is 0 Å². The fourth-order valence-corrected chi connectivity index (χ4v) is 4.45. The number of rotatable bonds is 9. The number of nitrogens with one attached hydrogen (secondary N) is 2. The number of hydrogen-bond donors (Lipinski definition) is 2. The summed E-state index contributed by atoms with van der Waals surface area (Å²) in [6.45, 7) is 0. The first kappa shape index (κ1) is 23.6. The van der Waals surface area contributed by atoms with Crippen LogP contribution in [0.2, 0.25) is 5.02 Å². The first-order valence-corrected chi connectivity index (χ1v) is 11.5. The number of para-hydroxylation sites is 1. The van der Waals surface area contributed by atoms with E-state index in [0.717, 1.165) is 5.56 Å². The molecule has 32 heavy (non-hydrogen) atoms. The second-order valence-electron chi connectivity index (χ2n) is 6.85. The van der Waals surface area contributed by atoms with Gasteiger partial charge in [0.1, 0.15) is 6.04 Å². The second-order valence-corrected chi connectivity index (χ2v) is 8.97. The molecule has 0 saturated heterocycles. The molecule has 0 aliphatic carbocycles. The second kappa shape index (κ2) is 10.5. The molecule has 168 valence electrons. The summed E-state index contributed by atoms with van der Waals surface area (Å²) in [7, 11) is -1.19. The van der Waals surface area contributed by atoms with Crippen molar-refractivity contribution in [2.24, 2.45) is 0 Å². The number of hydrogen-bond acceptors (Lipinski definition) is 5. The third-order valence-electron chi connectivity index (χ3n) is 4.69. The Labute approximate surface area is 192 Å². The number of carbonyl (C=O) groups excluding carboxylic acids is 1. The van der Waals surface area contributed by atoms with Crippen molar-refractivity contribution in [1.82, 2.24) is 4.72 Å². The number of sulfonamides is 1. The number of carbonyl (C=O) groups is 1. The van der Waals surface area contributed by atoms with Crippen molar-refractivity contribution in [2.45, 2.75) is 17.4 Å². The molecular formula is C23H23ClN2O5S. The Bertz CT molecular complexity index is 1190. The molecule has 0 saturated carbocycles. The number of amides is 1. The normalized spacial score (nSPS) is 12.1. The van der Waals surface area contributed by atoms with Crippen LogP contribution in [-0.4, -0.2) is 34.6 Å². The van der Waals surface area contributed by atoms with E-state index < -0.39 is 22.0 Å². The third kappa shape index (κ3) is 5.79. The summed E-state index contributed by atoms with van der Waals surface area (Å²) >= 11 is 6.15. The van der Waals surface area contributed by atoms with E-state index >= 15 is 0 Å². The van der Waals surface area contributed by atoms with Gasteiger partial charge < -0.3 is 14.8 Å². The van der Waals surface area contributed by atoms with Crippen LogP contribution < -0.4 is 19.5 Å². The van der Waals surface area contributed by atoms with Crippen LogP contribution in [0.25, 0.3) is 0 Å². The number of ether oxygens (including phenoxy) is 2. The maximum absolute atomic E-state index is 13.1. The van der Waals surface area contributed by atoms with E-state index in [1.165, 1.54) is 32.4 Å². The predicted molar refractivity (Wildman–Crippen MR) is 124 cm³/mol. The van der Waals surface area contributed by atoms with Crippen molar-refractivity contribution in [3.63, 3.8) is 0 Å². The molecule has 3 aromatic carbocycles. The molecule has 0 heterocycles. The Morgan fingerprint density at radius 1 is 0.938 bits per heavy atom. The molecule has 0 fully saturated rings. The maximum Gasteiger partial charge on any atom is 0.242 e. The van der Waals surface area contributed by atoms with Crippen molar-refractivity contribution in [1.29, 1.82) is 0 Å². The molecule has 3 rings (SSSR count). The van der Waals surface area contributed by atoms with Crippen molar-refractivity contribution < 1.29 is 22.7 Å². The Morgan fingerprint density at radius 3 is 2.25 bits per heavy atom. The van der Waals surface area contributed by atoms with E-state index in [0.29, 0.717) is 16.5 Å². The fraction of sp³-hybridized carbons (Fsp3) is 0.174. The van der Waals surface area contributed by atoms with Gasteiger partial charge in [-0.05, 0) is 36.2 Å². The van der Waals surface area contributed by atoms with Gasteiger partial charge in [0.2, 0.25) is 15.9 Å². The van der Waals surface area contributed by atoms with Gasteiger partial charge in [-0.1, -0.05) is 54.1 Å². The molecular weight excluding hydrogens is 452 g/mol. The third-order valence-corrected chi connectivity index (χ3v) is 6.49. The number of methoxy groups -OCH3 is 2. The summed E-state index contributed by atoms with van der Waals surface area (Å²) in [6, 6.07) is 19.0. The molecule has 0 aromatic heterocycles. The molecule has 1 unspecified atom stereocenters. The number of anilines is 1. The Hall–Kier alpha value is -3.07. The Kier molecular flexibility index (Phi) is 7.74. The van der Waals surface area contributed by atoms with Crippen molar-refractivity contribution in [2.75, 3.05) is 19.5 Å². The highest BCUT2D eigenvalue weighted by atomic mass is 35.5. The van der Waals surface area contributed by atoms with E-state index in [-0.39, 0.29) is 17.1 Å². The van der Waals surface area contributed by atoms with Crippen LogP contribution in [0.5, 0.6) is 11.5 Å². The average Bonchev–Trinajstić information content (AvgIpc) is 2.80. The quantitative estimate of drug-likeness (QED) is 0.490. The predicted octanol–water partition coefficient (Wildman–Crippen LogP) is 3.89. The van der Waals surface area contributed by atoms with Gasteiger partial charge in [0, 0.05) is 6.07 Å². The summed E-state index contributed by atoms with van der Waals surface area (Å²) < 4.78 is 39.1. The van der Waals surface area contributed by atoms with Crippen LogP contribution in [0.4, 0.5) is 5.69 Å². The lowest BCUT2D eigenvalue weighted by atomic mass is 10.1. The van der Waals surface area contributed by atoms with E-state index in [1.807, 2.05) is 30.3 Å². The summed E-state index contributed by atoms with van der Waals surface area (Å²) in [5, 5.41) is 3.05. The van der Waals surface area contributed by atoms with Gasteiger partial charge >= 0.3 is 0 Å². The van der Waals surface area contributed by atoms with Gasteiger partial charge in [-0.3, -0.25) is 4.79 Å². The molecule has 0 radical (unpaired) electrons. The smallest absolute Gasteiger partial charge is 0.242 e. The molecule has 3 aromatic rings. The van der Waals surface area contributed by atoms with E-state index in [9.17, 15) is 13.2 Å².